The van der Waals surface area contributed by atoms with Crippen molar-refractivity contribution in [1.29, 1.82) is 0 Å². The van der Waals surface area contributed by atoms with Gasteiger partial charge in [0.2, 0.25) is 11.7 Å². The highest BCUT2D eigenvalue weighted by Gasteiger charge is 2.30. The van der Waals surface area contributed by atoms with Gasteiger partial charge in [0.1, 0.15) is 5.82 Å². The first-order valence-corrected chi connectivity index (χ1v) is 11.6. The predicted octanol–water partition coefficient (Wildman–Crippen LogP) is 4.55. The second-order valence-electron chi connectivity index (χ2n) is 8.57. The fourth-order valence-electron chi connectivity index (χ4n) is 4.44. The van der Waals surface area contributed by atoms with Gasteiger partial charge in [0.15, 0.2) is 11.5 Å². The summed E-state index contributed by atoms with van der Waals surface area (Å²) in [6.07, 6.45) is 7.31. The normalized spacial score (nSPS) is 12.7. The molecule has 36 heavy (non-hydrogen) atoms. The Hall–Kier alpha value is -4.46. The molecule has 0 N–H and O–H groups in total. The zero-order valence-corrected chi connectivity index (χ0v) is 20.8. The van der Waals surface area contributed by atoms with E-state index in [1.807, 2.05) is 33.8 Å². The third-order valence-electron chi connectivity index (χ3n) is 6.27. The lowest BCUT2D eigenvalue weighted by atomic mass is 10.1. The molecule has 1 aliphatic heterocycles. The fourth-order valence-corrected chi connectivity index (χ4v) is 4.44. The van der Waals surface area contributed by atoms with Crippen molar-refractivity contribution in [3.8, 4) is 28.8 Å². The van der Waals surface area contributed by atoms with Crippen LogP contribution in [0.3, 0.4) is 0 Å². The Morgan fingerprint density at radius 3 is 2.22 bits per heavy atom. The van der Waals surface area contributed by atoms with Gasteiger partial charge < -0.3 is 23.7 Å². The first kappa shape index (κ1) is 23.3. The van der Waals surface area contributed by atoms with Gasteiger partial charge in [0, 0.05) is 24.0 Å². The Bertz CT molecular complexity index is 1390. The fraction of sp³-hybridized carbons (Fsp3) is 0.214. The summed E-state index contributed by atoms with van der Waals surface area (Å²) in [5.74, 6) is 2.43. The summed E-state index contributed by atoms with van der Waals surface area (Å²) < 4.78 is 20.2. The minimum atomic E-state index is -0.0953. The Labute approximate surface area is 209 Å². The van der Waals surface area contributed by atoms with Crippen LogP contribution >= 0.6 is 0 Å². The molecule has 3 heterocycles. The molecule has 0 radical (unpaired) electrons. The van der Waals surface area contributed by atoms with Gasteiger partial charge >= 0.3 is 0 Å². The number of rotatable bonds is 7. The Morgan fingerprint density at radius 2 is 1.61 bits per heavy atom. The molecule has 0 fully saturated rings. The maximum absolute atomic E-state index is 13.1. The van der Waals surface area contributed by atoms with Gasteiger partial charge in [0.25, 0.3) is 0 Å². The van der Waals surface area contributed by atoms with Gasteiger partial charge in [-0.15, -0.1) is 0 Å². The lowest BCUT2D eigenvalue weighted by molar-refractivity contribution is -0.126. The zero-order valence-electron chi connectivity index (χ0n) is 20.8. The third-order valence-corrected chi connectivity index (χ3v) is 6.27. The third kappa shape index (κ3) is 4.22. The van der Waals surface area contributed by atoms with Gasteiger partial charge in [-0.3, -0.25) is 4.79 Å². The molecule has 0 spiro atoms. The van der Waals surface area contributed by atoms with Crippen LogP contribution in [0.4, 0.5) is 0 Å². The molecule has 1 amide bonds. The molecule has 184 valence electrons. The Balaban J connectivity index is 1.41. The van der Waals surface area contributed by atoms with Crippen LogP contribution in [0.2, 0.25) is 0 Å². The highest BCUT2D eigenvalue weighted by Crippen LogP contribution is 2.38. The molecule has 8 heteroatoms. The minimum absolute atomic E-state index is 0.0953. The van der Waals surface area contributed by atoms with E-state index in [0.29, 0.717) is 30.3 Å². The van der Waals surface area contributed by atoms with Crippen molar-refractivity contribution in [2.75, 3.05) is 21.3 Å². The van der Waals surface area contributed by atoms with Gasteiger partial charge in [-0.25, -0.2) is 4.68 Å². The molecule has 0 atom stereocenters. The predicted molar refractivity (Wildman–Crippen MR) is 137 cm³/mol. The van der Waals surface area contributed by atoms with E-state index in [9.17, 15) is 4.79 Å². The molecule has 4 aromatic rings. The number of hydrogen-bond acceptors (Lipinski definition) is 5. The SMILES string of the molecule is COc1cc(/C=C/C(=O)N2Cc3nn(-c4ccc(C)cc4)c(-n4cccc4)c3C2)cc(OC)c1OC. The number of amides is 1. The molecule has 0 saturated carbocycles. The lowest BCUT2D eigenvalue weighted by Gasteiger charge is -2.16. The van der Waals surface area contributed by atoms with Gasteiger partial charge in [-0.1, -0.05) is 17.7 Å². The summed E-state index contributed by atoms with van der Waals surface area (Å²) >= 11 is 0. The summed E-state index contributed by atoms with van der Waals surface area (Å²) in [7, 11) is 4.69. The average molecular weight is 485 g/mol. The number of ether oxygens (including phenoxy) is 3. The van der Waals surface area contributed by atoms with Crippen molar-refractivity contribution in [2.45, 2.75) is 20.0 Å². The number of carbonyl (C=O) groups excluding carboxylic acids is 1. The minimum Gasteiger partial charge on any atom is -0.493 e. The number of aromatic nitrogens is 3. The van der Waals surface area contributed by atoms with E-state index in [1.165, 1.54) is 5.56 Å². The second-order valence-corrected chi connectivity index (χ2v) is 8.57. The summed E-state index contributed by atoms with van der Waals surface area (Å²) in [5.41, 5.74) is 4.89. The highest BCUT2D eigenvalue weighted by molar-refractivity contribution is 5.92. The van der Waals surface area contributed by atoms with E-state index >= 15 is 0 Å². The number of hydrogen-bond donors (Lipinski definition) is 0. The topological polar surface area (TPSA) is 70.8 Å². The van der Waals surface area contributed by atoms with Crippen LogP contribution in [-0.2, 0) is 17.9 Å². The monoisotopic (exact) mass is 484 g/mol. The number of benzene rings is 2. The molecule has 8 nitrogen and oxygen atoms in total. The van der Waals surface area contributed by atoms with E-state index in [4.69, 9.17) is 19.3 Å². The second kappa shape index (κ2) is 9.65. The number of aryl methyl sites for hydroxylation is 1. The maximum Gasteiger partial charge on any atom is 0.247 e. The van der Waals surface area contributed by atoms with E-state index in [-0.39, 0.29) is 5.91 Å². The molecule has 5 rings (SSSR count). The van der Waals surface area contributed by atoms with Crippen molar-refractivity contribution >= 4 is 12.0 Å². The summed E-state index contributed by atoms with van der Waals surface area (Å²) in [4.78, 5) is 14.9. The van der Waals surface area contributed by atoms with Crippen molar-refractivity contribution in [1.82, 2.24) is 19.2 Å². The molecule has 0 unspecified atom stereocenters. The first-order chi connectivity index (χ1) is 17.5. The number of carbonyl (C=O) groups is 1. The molecule has 0 saturated heterocycles. The van der Waals surface area contributed by atoms with Crippen molar-refractivity contribution < 1.29 is 19.0 Å². The average Bonchev–Trinajstić information content (AvgIpc) is 3.63. The number of nitrogens with zero attached hydrogens (tertiary/aromatic N) is 4. The van der Waals surface area contributed by atoms with E-state index in [2.05, 4.69) is 31.2 Å². The standard InChI is InChI=1S/C28H28N4O4/c1-19-7-10-21(11-8-19)32-28(30-13-5-6-14-30)22-17-31(18-23(22)29-32)26(33)12-9-20-15-24(34-2)27(36-4)25(16-20)35-3/h5-16H,17-18H2,1-4H3/b12-9+. The molecule has 2 aromatic carbocycles. The number of methoxy groups -OCH3 is 3. The molecule has 0 bridgehead atoms. The lowest BCUT2D eigenvalue weighted by Crippen LogP contribution is -2.24. The zero-order chi connectivity index (χ0) is 25.2. The highest BCUT2D eigenvalue weighted by atomic mass is 16.5. The molecule has 0 aliphatic carbocycles. The maximum atomic E-state index is 13.1. The van der Waals surface area contributed by atoms with Crippen LogP contribution < -0.4 is 14.2 Å². The van der Waals surface area contributed by atoms with E-state index in [0.717, 1.165) is 28.3 Å². The molecular weight excluding hydrogens is 456 g/mol. The van der Waals surface area contributed by atoms with Gasteiger partial charge in [-0.05, 0) is 55.0 Å². The summed E-state index contributed by atoms with van der Waals surface area (Å²) in [5, 5.41) is 4.89. The van der Waals surface area contributed by atoms with Crippen molar-refractivity contribution in [3.05, 3.63) is 89.4 Å². The van der Waals surface area contributed by atoms with Gasteiger partial charge in [-0.2, -0.15) is 5.10 Å². The molecule has 2 aromatic heterocycles. The quantitative estimate of drug-likeness (QED) is 0.360. The van der Waals surface area contributed by atoms with Gasteiger partial charge in [0.05, 0.1) is 45.8 Å². The Kier molecular flexibility index (Phi) is 6.25. The van der Waals surface area contributed by atoms with Crippen LogP contribution in [0, 0.1) is 6.92 Å². The van der Waals surface area contributed by atoms with Crippen molar-refractivity contribution in [3.63, 3.8) is 0 Å². The smallest absolute Gasteiger partial charge is 0.247 e. The largest absolute Gasteiger partial charge is 0.493 e. The molecule has 1 aliphatic rings. The Morgan fingerprint density at radius 1 is 0.944 bits per heavy atom. The van der Waals surface area contributed by atoms with E-state index < -0.39 is 0 Å². The summed E-state index contributed by atoms with van der Waals surface area (Å²) in [6.45, 7) is 2.99. The van der Waals surface area contributed by atoms with Crippen LogP contribution in [0.5, 0.6) is 17.2 Å². The molecular formula is C28H28N4O4. The van der Waals surface area contributed by atoms with Crippen molar-refractivity contribution in [2.24, 2.45) is 0 Å². The van der Waals surface area contributed by atoms with Crippen LogP contribution in [-0.4, -0.2) is 46.5 Å². The van der Waals surface area contributed by atoms with E-state index in [1.54, 1.807) is 50.5 Å². The van der Waals surface area contributed by atoms with Crippen LogP contribution in [0.1, 0.15) is 22.4 Å². The number of fused-ring (bicyclic) bond motifs is 1. The van der Waals surface area contributed by atoms with Crippen LogP contribution in [0.25, 0.3) is 17.6 Å². The summed E-state index contributed by atoms with van der Waals surface area (Å²) in [6, 6.07) is 15.9. The van der Waals surface area contributed by atoms with Crippen LogP contribution in [0.15, 0.2) is 67.0 Å². The first-order valence-electron chi connectivity index (χ1n) is 11.6.